The normalized spacial score (nSPS) is 11.6. The number of nitro benzene ring substituents is 1. The Morgan fingerprint density at radius 1 is 1.26 bits per heavy atom. The number of nitro groups is 1. The van der Waals surface area contributed by atoms with Gasteiger partial charge in [0.25, 0.3) is 5.69 Å². The van der Waals surface area contributed by atoms with Crippen LogP contribution < -0.4 is 4.74 Å². The van der Waals surface area contributed by atoms with Crippen LogP contribution in [0.4, 0.5) is 5.69 Å². The zero-order valence-electron chi connectivity index (χ0n) is 12.5. The summed E-state index contributed by atoms with van der Waals surface area (Å²) in [7, 11) is 1.37. The topological polar surface area (TPSA) is 78.7 Å². The van der Waals surface area contributed by atoms with Crippen molar-refractivity contribution in [1.82, 2.24) is 0 Å². The van der Waals surface area contributed by atoms with E-state index in [1.807, 2.05) is 0 Å². The second-order valence-corrected chi connectivity index (χ2v) is 5.12. The van der Waals surface area contributed by atoms with Crippen molar-refractivity contribution in [3.8, 4) is 5.75 Å². The van der Waals surface area contributed by atoms with E-state index in [0.29, 0.717) is 10.6 Å². The molecule has 6 nitrogen and oxygen atoms in total. The SMILES string of the molecule is COc1ccc([N+](=O)[O-])cc1C(=O)O[C@H](C)c1ccccc1Cl. The van der Waals surface area contributed by atoms with Gasteiger partial charge in [-0.1, -0.05) is 29.8 Å². The second kappa shape index (κ2) is 7.11. The first-order valence-electron chi connectivity index (χ1n) is 6.72. The van der Waals surface area contributed by atoms with Crippen LogP contribution in [-0.4, -0.2) is 18.0 Å². The number of halogens is 1. The number of benzene rings is 2. The summed E-state index contributed by atoms with van der Waals surface area (Å²) in [5, 5.41) is 11.3. The van der Waals surface area contributed by atoms with E-state index < -0.39 is 17.0 Å². The number of carbonyl (C=O) groups excluding carboxylic acids is 1. The van der Waals surface area contributed by atoms with E-state index in [4.69, 9.17) is 21.1 Å². The van der Waals surface area contributed by atoms with Crippen molar-refractivity contribution in [3.05, 3.63) is 68.7 Å². The number of hydrogen-bond acceptors (Lipinski definition) is 5. The molecule has 0 aliphatic heterocycles. The van der Waals surface area contributed by atoms with Crippen LogP contribution in [-0.2, 0) is 4.74 Å². The van der Waals surface area contributed by atoms with Crippen molar-refractivity contribution in [2.45, 2.75) is 13.0 Å². The second-order valence-electron chi connectivity index (χ2n) is 4.71. The Hall–Kier alpha value is -2.60. The molecule has 0 bridgehead atoms. The first-order chi connectivity index (χ1) is 10.9. The minimum Gasteiger partial charge on any atom is -0.496 e. The van der Waals surface area contributed by atoms with Crippen molar-refractivity contribution in [2.75, 3.05) is 7.11 Å². The summed E-state index contributed by atoms with van der Waals surface area (Å²) in [4.78, 5) is 22.6. The third-order valence-corrected chi connectivity index (χ3v) is 3.59. The summed E-state index contributed by atoms with van der Waals surface area (Å²) in [5.41, 5.74) is 0.413. The van der Waals surface area contributed by atoms with E-state index in [9.17, 15) is 14.9 Å². The highest BCUT2D eigenvalue weighted by molar-refractivity contribution is 6.31. The van der Waals surface area contributed by atoms with Crippen LogP contribution in [0.2, 0.25) is 5.02 Å². The largest absolute Gasteiger partial charge is 0.496 e. The Kier molecular flexibility index (Phi) is 5.18. The van der Waals surface area contributed by atoms with E-state index in [2.05, 4.69) is 0 Å². The first-order valence-corrected chi connectivity index (χ1v) is 7.09. The molecule has 0 aliphatic rings. The molecule has 1 atom stereocenters. The fraction of sp³-hybridized carbons (Fsp3) is 0.188. The molecule has 0 aliphatic carbocycles. The highest BCUT2D eigenvalue weighted by atomic mass is 35.5. The quantitative estimate of drug-likeness (QED) is 0.465. The third kappa shape index (κ3) is 3.78. The number of rotatable bonds is 5. The molecular weight excluding hydrogens is 322 g/mol. The lowest BCUT2D eigenvalue weighted by Gasteiger charge is -2.16. The molecular formula is C16H14ClNO5. The molecule has 7 heteroatoms. The number of ether oxygens (including phenoxy) is 2. The smallest absolute Gasteiger partial charge is 0.342 e. The van der Waals surface area contributed by atoms with Crippen LogP contribution in [0.1, 0.15) is 28.9 Å². The Morgan fingerprint density at radius 3 is 2.57 bits per heavy atom. The molecule has 2 aromatic carbocycles. The average molecular weight is 336 g/mol. The number of non-ortho nitro benzene ring substituents is 1. The Morgan fingerprint density at radius 2 is 1.96 bits per heavy atom. The lowest BCUT2D eigenvalue weighted by molar-refractivity contribution is -0.384. The lowest BCUT2D eigenvalue weighted by Crippen LogP contribution is -2.11. The van der Waals surface area contributed by atoms with E-state index in [1.54, 1.807) is 31.2 Å². The van der Waals surface area contributed by atoms with Crippen molar-refractivity contribution in [1.29, 1.82) is 0 Å². The van der Waals surface area contributed by atoms with Gasteiger partial charge >= 0.3 is 5.97 Å². The van der Waals surface area contributed by atoms with E-state index >= 15 is 0 Å². The minimum absolute atomic E-state index is 0.0133. The molecule has 120 valence electrons. The summed E-state index contributed by atoms with van der Waals surface area (Å²) in [6.45, 7) is 1.67. The van der Waals surface area contributed by atoms with Gasteiger partial charge < -0.3 is 9.47 Å². The molecule has 0 fully saturated rings. The van der Waals surface area contributed by atoms with Gasteiger partial charge in [0.15, 0.2) is 0 Å². The van der Waals surface area contributed by atoms with Crippen LogP contribution in [0.25, 0.3) is 0 Å². The third-order valence-electron chi connectivity index (χ3n) is 3.24. The number of esters is 1. The summed E-state index contributed by atoms with van der Waals surface area (Å²) >= 11 is 6.07. The monoisotopic (exact) mass is 335 g/mol. The highest BCUT2D eigenvalue weighted by Crippen LogP contribution is 2.29. The average Bonchev–Trinajstić information content (AvgIpc) is 2.54. The van der Waals surface area contributed by atoms with Crippen molar-refractivity contribution in [3.63, 3.8) is 0 Å². The van der Waals surface area contributed by atoms with E-state index in [-0.39, 0.29) is 17.0 Å². The van der Waals surface area contributed by atoms with Gasteiger partial charge in [0.1, 0.15) is 17.4 Å². The molecule has 0 amide bonds. The fourth-order valence-electron chi connectivity index (χ4n) is 2.06. The summed E-state index contributed by atoms with van der Waals surface area (Å²) in [6, 6.07) is 10.7. The van der Waals surface area contributed by atoms with Gasteiger partial charge in [-0.15, -0.1) is 0 Å². The summed E-state index contributed by atoms with van der Waals surface area (Å²) in [5.74, 6) is -0.523. The Labute approximate surface area is 137 Å². The van der Waals surface area contributed by atoms with Crippen LogP contribution in [0.15, 0.2) is 42.5 Å². The summed E-state index contributed by atoms with van der Waals surface area (Å²) < 4.78 is 10.4. The van der Waals surface area contributed by atoms with Gasteiger partial charge in [-0.3, -0.25) is 10.1 Å². The highest BCUT2D eigenvalue weighted by Gasteiger charge is 2.22. The maximum absolute atomic E-state index is 12.3. The summed E-state index contributed by atoms with van der Waals surface area (Å²) in [6.07, 6.45) is -0.611. The number of carbonyl (C=O) groups is 1. The van der Waals surface area contributed by atoms with Gasteiger partial charge in [-0.2, -0.15) is 0 Å². The molecule has 0 spiro atoms. The Balaban J connectivity index is 2.28. The molecule has 0 heterocycles. The van der Waals surface area contributed by atoms with Gasteiger partial charge in [0.05, 0.1) is 12.0 Å². The maximum Gasteiger partial charge on any atom is 0.342 e. The van der Waals surface area contributed by atoms with Crippen LogP contribution >= 0.6 is 11.6 Å². The molecule has 2 aromatic rings. The Bertz CT molecular complexity index is 747. The standard InChI is InChI=1S/C16H14ClNO5/c1-10(12-5-3-4-6-14(12)17)23-16(19)13-9-11(18(20)21)7-8-15(13)22-2/h3-10H,1-2H3/t10-/m1/s1. The van der Waals surface area contributed by atoms with Crippen molar-refractivity contribution < 1.29 is 19.2 Å². The molecule has 0 unspecified atom stereocenters. The van der Waals surface area contributed by atoms with Crippen molar-refractivity contribution in [2.24, 2.45) is 0 Å². The predicted octanol–water partition coefficient (Wildman–Crippen LogP) is 4.17. The minimum atomic E-state index is -0.724. The first kappa shape index (κ1) is 16.8. The van der Waals surface area contributed by atoms with Crippen LogP contribution in [0.5, 0.6) is 5.75 Å². The molecule has 0 aromatic heterocycles. The van der Waals surface area contributed by atoms with Gasteiger partial charge in [-0.05, 0) is 19.1 Å². The van der Waals surface area contributed by atoms with Gasteiger partial charge in [-0.25, -0.2) is 4.79 Å². The number of methoxy groups -OCH3 is 1. The van der Waals surface area contributed by atoms with E-state index in [1.165, 1.54) is 19.2 Å². The number of nitrogens with zero attached hydrogens (tertiary/aromatic N) is 1. The molecule has 0 saturated heterocycles. The van der Waals surface area contributed by atoms with Crippen LogP contribution in [0, 0.1) is 10.1 Å². The van der Waals surface area contributed by atoms with Crippen LogP contribution in [0.3, 0.4) is 0 Å². The molecule has 23 heavy (non-hydrogen) atoms. The zero-order chi connectivity index (χ0) is 17.0. The van der Waals surface area contributed by atoms with E-state index in [0.717, 1.165) is 6.07 Å². The molecule has 0 radical (unpaired) electrons. The predicted molar refractivity (Wildman–Crippen MR) is 84.9 cm³/mol. The maximum atomic E-state index is 12.3. The van der Waals surface area contributed by atoms with Crippen molar-refractivity contribution >= 4 is 23.3 Å². The van der Waals surface area contributed by atoms with Gasteiger partial charge in [0.2, 0.25) is 0 Å². The fourth-order valence-corrected chi connectivity index (χ4v) is 2.35. The van der Waals surface area contributed by atoms with Gasteiger partial charge in [0, 0.05) is 22.7 Å². The number of hydrogen-bond donors (Lipinski definition) is 0. The zero-order valence-corrected chi connectivity index (χ0v) is 13.2. The molecule has 0 N–H and O–H groups in total. The molecule has 0 saturated carbocycles. The lowest BCUT2D eigenvalue weighted by atomic mass is 10.1. The molecule has 2 rings (SSSR count).